The van der Waals surface area contributed by atoms with Crippen LogP contribution in [-0.2, 0) is 16.6 Å². The van der Waals surface area contributed by atoms with E-state index in [9.17, 15) is 13.5 Å². The van der Waals surface area contributed by atoms with Crippen molar-refractivity contribution in [1.29, 1.82) is 0 Å². The fourth-order valence-electron chi connectivity index (χ4n) is 1.79. The first-order chi connectivity index (χ1) is 9.85. The van der Waals surface area contributed by atoms with Crippen molar-refractivity contribution in [2.45, 2.75) is 18.4 Å². The summed E-state index contributed by atoms with van der Waals surface area (Å²) in [6.45, 7) is 1.64. The summed E-state index contributed by atoms with van der Waals surface area (Å²) < 4.78 is 28.7. The van der Waals surface area contributed by atoms with Gasteiger partial charge < -0.3 is 5.11 Å². The Labute approximate surface area is 140 Å². The number of aryl methyl sites for hydroxylation is 1. The maximum atomic E-state index is 12.5. The highest BCUT2D eigenvalue weighted by molar-refractivity contribution is 9.11. The van der Waals surface area contributed by atoms with Crippen molar-refractivity contribution in [1.82, 2.24) is 0 Å². The Hall–Kier alpha value is -0.890. The van der Waals surface area contributed by atoms with Crippen LogP contribution >= 0.6 is 31.9 Å². The Morgan fingerprint density at radius 3 is 2.48 bits per heavy atom. The molecule has 0 heterocycles. The molecular formula is C14H13Br2NO3S. The summed E-state index contributed by atoms with van der Waals surface area (Å²) in [5, 5.41) is 9.27. The van der Waals surface area contributed by atoms with Gasteiger partial charge in [-0.15, -0.1) is 0 Å². The molecule has 7 heteroatoms. The fourth-order valence-corrected chi connectivity index (χ4v) is 4.57. The molecule has 0 aliphatic carbocycles. The van der Waals surface area contributed by atoms with E-state index in [-0.39, 0.29) is 11.5 Å². The highest BCUT2D eigenvalue weighted by atomic mass is 79.9. The monoisotopic (exact) mass is 433 g/mol. The van der Waals surface area contributed by atoms with Gasteiger partial charge in [-0.3, -0.25) is 4.72 Å². The third-order valence-corrected chi connectivity index (χ3v) is 6.11. The van der Waals surface area contributed by atoms with Gasteiger partial charge in [0.2, 0.25) is 0 Å². The number of anilines is 1. The summed E-state index contributed by atoms with van der Waals surface area (Å²) in [5.41, 5.74) is 1.81. The third-order valence-electron chi connectivity index (χ3n) is 2.93. The Balaban J connectivity index is 2.46. The number of hydrogen-bond donors (Lipinski definition) is 2. The largest absolute Gasteiger partial charge is 0.392 e. The standard InChI is InChI=1S/C14H13Br2NO3S/c1-9-6-12(16)14(7-11(9)15)21(19,20)17-13-5-3-2-4-10(13)8-18/h2-7,17-18H,8H2,1H3. The zero-order valence-electron chi connectivity index (χ0n) is 11.1. The molecule has 0 atom stereocenters. The van der Waals surface area contributed by atoms with Crippen LogP contribution in [0.25, 0.3) is 0 Å². The summed E-state index contributed by atoms with van der Waals surface area (Å²) in [5.74, 6) is 0. The molecule has 0 fully saturated rings. The number of hydrogen-bond acceptors (Lipinski definition) is 3. The Bertz CT molecular complexity index is 776. The van der Waals surface area contributed by atoms with Gasteiger partial charge in [0.15, 0.2) is 0 Å². The molecule has 0 aliphatic rings. The molecule has 2 aromatic rings. The van der Waals surface area contributed by atoms with Crippen molar-refractivity contribution < 1.29 is 13.5 Å². The second-order valence-corrected chi connectivity index (χ2v) is 7.81. The average molecular weight is 435 g/mol. The fraction of sp³-hybridized carbons (Fsp3) is 0.143. The van der Waals surface area contributed by atoms with Crippen molar-refractivity contribution >= 4 is 47.6 Å². The smallest absolute Gasteiger partial charge is 0.263 e. The van der Waals surface area contributed by atoms with Gasteiger partial charge in [-0.2, -0.15) is 0 Å². The van der Waals surface area contributed by atoms with Gasteiger partial charge in [0.05, 0.1) is 12.3 Å². The maximum absolute atomic E-state index is 12.5. The maximum Gasteiger partial charge on any atom is 0.263 e. The second kappa shape index (κ2) is 6.48. The van der Waals surface area contributed by atoms with Gasteiger partial charge >= 0.3 is 0 Å². The number of sulfonamides is 1. The van der Waals surface area contributed by atoms with Crippen LogP contribution in [-0.4, -0.2) is 13.5 Å². The normalized spacial score (nSPS) is 11.4. The lowest BCUT2D eigenvalue weighted by atomic mass is 10.2. The first kappa shape index (κ1) is 16.5. The molecule has 2 rings (SSSR count). The first-order valence-corrected chi connectivity index (χ1v) is 9.09. The van der Waals surface area contributed by atoms with E-state index in [1.165, 1.54) is 0 Å². The molecule has 21 heavy (non-hydrogen) atoms. The van der Waals surface area contributed by atoms with E-state index >= 15 is 0 Å². The van der Waals surface area contributed by atoms with E-state index in [4.69, 9.17) is 0 Å². The van der Waals surface area contributed by atoms with E-state index < -0.39 is 10.0 Å². The molecule has 0 unspecified atom stereocenters. The average Bonchev–Trinajstić information content (AvgIpc) is 2.43. The number of benzene rings is 2. The number of aliphatic hydroxyl groups excluding tert-OH is 1. The SMILES string of the molecule is Cc1cc(Br)c(S(=O)(=O)Nc2ccccc2CO)cc1Br. The van der Waals surface area contributed by atoms with Gasteiger partial charge in [-0.05, 0) is 46.6 Å². The van der Waals surface area contributed by atoms with E-state index in [0.29, 0.717) is 20.2 Å². The molecule has 112 valence electrons. The summed E-state index contributed by atoms with van der Waals surface area (Å²) in [6.07, 6.45) is 0. The Morgan fingerprint density at radius 1 is 1.14 bits per heavy atom. The van der Waals surface area contributed by atoms with Gasteiger partial charge in [0.25, 0.3) is 10.0 Å². The van der Waals surface area contributed by atoms with Crippen molar-refractivity contribution in [3.8, 4) is 0 Å². The molecule has 0 aliphatic heterocycles. The van der Waals surface area contributed by atoms with Crippen molar-refractivity contribution in [3.05, 3.63) is 56.5 Å². The predicted octanol–water partition coefficient (Wildman–Crippen LogP) is 3.81. The molecule has 4 nitrogen and oxygen atoms in total. The minimum atomic E-state index is -3.75. The number of aliphatic hydroxyl groups is 1. The summed E-state index contributed by atoms with van der Waals surface area (Å²) in [6, 6.07) is 10.00. The lowest BCUT2D eigenvalue weighted by Crippen LogP contribution is -2.15. The third kappa shape index (κ3) is 3.66. The second-order valence-electron chi connectivity index (χ2n) is 4.45. The molecule has 0 saturated carbocycles. The van der Waals surface area contributed by atoms with E-state index in [1.54, 1.807) is 36.4 Å². The van der Waals surface area contributed by atoms with Crippen LogP contribution in [0.4, 0.5) is 5.69 Å². The molecular weight excluding hydrogens is 422 g/mol. The molecule has 0 bridgehead atoms. The molecule has 0 amide bonds. The van der Waals surface area contributed by atoms with E-state index in [0.717, 1.165) is 5.56 Å². The van der Waals surface area contributed by atoms with Crippen LogP contribution in [0.15, 0.2) is 50.2 Å². The minimum absolute atomic E-state index is 0.132. The first-order valence-electron chi connectivity index (χ1n) is 6.02. The minimum Gasteiger partial charge on any atom is -0.392 e. The lowest BCUT2D eigenvalue weighted by molar-refractivity contribution is 0.282. The van der Waals surface area contributed by atoms with Crippen molar-refractivity contribution in [3.63, 3.8) is 0 Å². The van der Waals surface area contributed by atoms with Gasteiger partial charge in [-0.1, -0.05) is 34.1 Å². The van der Waals surface area contributed by atoms with Crippen molar-refractivity contribution in [2.75, 3.05) is 4.72 Å². The van der Waals surface area contributed by atoms with Crippen LogP contribution in [0.5, 0.6) is 0 Å². The Morgan fingerprint density at radius 2 is 1.81 bits per heavy atom. The zero-order valence-corrected chi connectivity index (χ0v) is 15.1. The highest BCUT2D eigenvalue weighted by Gasteiger charge is 2.20. The van der Waals surface area contributed by atoms with Gasteiger partial charge in [-0.25, -0.2) is 8.42 Å². The lowest BCUT2D eigenvalue weighted by Gasteiger charge is -2.13. The summed E-state index contributed by atoms with van der Waals surface area (Å²) in [4.78, 5) is 0.132. The van der Waals surface area contributed by atoms with E-state index in [1.807, 2.05) is 6.92 Å². The molecule has 2 aromatic carbocycles. The van der Waals surface area contributed by atoms with Crippen LogP contribution in [0.1, 0.15) is 11.1 Å². The number of para-hydroxylation sites is 1. The highest BCUT2D eigenvalue weighted by Crippen LogP contribution is 2.30. The van der Waals surface area contributed by atoms with E-state index in [2.05, 4.69) is 36.6 Å². The number of halogens is 2. The van der Waals surface area contributed by atoms with Crippen LogP contribution in [0.3, 0.4) is 0 Å². The molecule has 0 spiro atoms. The topological polar surface area (TPSA) is 66.4 Å². The molecule has 2 N–H and O–H groups in total. The summed E-state index contributed by atoms with van der Waals surface area (Å²) in [7, 11) is -3.75. The predicted molar refractivity (Wildman–Crippen MR) is 89.8 cm³/mol. The quantitative estimate of drug-likeness (QED) is 0.768. The molecule has 0 radical (unpaired) electrons. The van der Waals surface area contributed by atoms with Crippen molar-refractivity contribution in [2.24, 2.45) is 0 Å². The molecule has 0 aromatic heterocycles. The number of rotatable bonds is 4. The van der Waals surface area contributed by atoms with Crippen LogP contribution < -0.4 is 4.72 Å². The van der Waals surface area contributed by atoms with Gasteiger partial charge in [0, 0.05) is 14.5 Å². The van der Waals surface area contributed by atoms with Gasteiger partial charge in [0.1, 0.15) is 4.90 Å². The number of nitrogens with one attached hydrogen (secondary N) is 1. The van der Waals surface area contributed by atoms with Crippen LogP contribution in [0, 0.1) is 6.92 Å². The Kier molecular flexibility index (Phi) is 5.08. The zero-order chi connectivity index (χ0) is 15.6. The van der Waals surface area contributed by atoms with Crippen LogP contribution in [0.2, 0.25) is 0 Å². The summed E-state index contributed by atoms with van der Waals surface area (Å²) >= 11 is 6.61. The molecule has 0 saturated heterocycles.